The minimum absolute atomic E-state index is 0.229. The van der Waals surface area contributed by atoms with E-state index in [-0.39, 0.29) is 5.95 Å². The molecule has 1 atom stereocenters. The largest absolute Gasteiger partial charge is 0.606 e. The van der Waals surface area contributed by atoms with Crippen molar-refractivity contribution in [2.75, 3.05) is 68.1 Å². The van der Waals surface area contributed by atoms with Crippen molar-refractivity contribution in [3.8, 4) is 11.1 Å². The van der Waals surface area contributed by atoms with Crippen LogP contribution in [0.15, 0.2) is 64.6 Å². The second kappa shape index (κ2) is 9.96. The Bertz CT molecular complexity index is 1070. The average molecular weight is 466 g/mol. The molecule has 0 radical (unpaired) electrons. The summed E-state index contributed by atoms with van der Waals surface area (Å²) in [7, 11) is 0. The average Bonchev–Trinajstić information content (AvgIpc) is 2.89. The van der Waals surface area contributed by atoms with Gasteiger partial charge in [0.25, 0.3) is 0 Å². The van der Waals surface area contributed by atoms with Crippen LogP contribution < -0.4 is 15.5 Å². The first-order chi connectivity index (χ1) is 16.2. The number of nitrogen functional groups attached to an aromatic ring is 1. The highest BCUT2D eigenvalue weighted by molar-refractivity contribution is 7.91. The molecule has 3 aromatic rings. The van der Waals surface area contributed by atoms with E-state index < -0.39 is 11.2 Å². The maximum atomic E-state index is 13.6. The van der Waals surface area contributed by atoms with E-state index in [1.165, 1.54) is 0 Å². The van der Waals surface area contributed by atoms with Crippen LogP contribution >= 0.6 is 0 Å². The first kappa shape index (κ1) is 22.0. The van der Waals surface area contributed by atoms with Gasteiger partial charge < -0.3 is 29.6 Å². The van der Waals surface area contributed by atoms with Crippen molar-refractivity contribution in [3.63, 3.8) is 0 Å². The Hall–Kier alpha value is -2.85. The van der Waals surface area contributed by atoms with E-state index in [2.05, 4.69) is 25.8 Å². The van der Waals surface area contributed by atoms with Gasteiger partial charge in [-0.15, -0.1) is 0 Å². The Morgan fingerprint density at radius 1 is 0.727 bits per heavy atom. The Morgan fingerprint density at radius 3 is 1.91 bits per heavy atom. The van der Waals surface area contributed by atoms with Crippen LogP contribution in [-0.4, -0.2) is 67.1 Å². The maximum Gasteiger partial charge on any atom is 0.219 e. The number of benzene rings is 2. The van der Waals surface area contributed by atoms with Crippen molar-refractivity contribution in [3.05, 3.63) is 54.9 Å². The molecule has 2 saturated heterocycles. The van der Waals surface area contributed by atoms with E-state index in [4.69, 9.17) is 15.2 Å². The smallest absolute Gasteiger partial charge is 0.219 e. The van der Waals surface area contributed by atoms with Gasteiger partial charge in [0.15, 0.2) is 9.79 Å². The molecule has 9 heteroatoms. The van der Waals surface area contributed by atoms with Crippen LogP contribution in [-0.2, 0) is 20.6 Å². The highest BCUT2D eigenvalue weighted by Gasteiger charge is 2.21. The van der Waals surface area contributed by atoms with Gasteiger partial charge in [-0.2, -0.15) is 0 Å². The third-order valence-electron chi connectivity index (χ3n) is 5.91. The van der Waals surface area contributed by atoms with E-state index in [1.54, 1.807) is 12.4 Å². The topological polar surface area (TPSA) is 99.8 Å². The fourth-order valence-corrected chi connectivity index (χ4v) is 5.20. The molecule has 172 valence electrons. The minimum Gasteiger partial charge on any atom is -0.606 e. The molecule has 3 heterocycles. The number of nitrogens with zero attached hydrogens (tertiary/aromatic N) is 4. The number of nitrogens with two attached hydrogens (primary N) is 1. The van der Waals surface area contributed by atoms with Crippen molar-refractivity contribution >= 4 is 28.5 Å². The van der Waals surface area contributed by atoms with Crippen molar-refractivity contribution in [2.24, 2.45) is 0 Å². The SMILES string of the molecule is Nc1ncc(-c2cc(N3CCOCC3)cc([S+]([O-])c3ccc(N4CCOCC4)cc3)c2)cn1. The lowest BCUT2D eigenvalue weighted by molar-refractivity contribution is 0.122. The number of anilines is 3. The molecule has 0 aliphatic carbocycles. The maximum absolute atomic E-state index is 13.6. The number of rotatable bonds is 5. The summed E-state index contributed by atoms with van der Waals surface area (Å²) in [5, 5.41) is 0. The predicted octanol–water partition coefficient (Wildman–Crippen LogP) is 2.57. The summed E-state index contributed by atoms with van der Waals surface area (Å²) in [6.07, 6.45) is 3.40. The van der Waals surface area contributed by atoms with Crippen LogP contribution in [0.3, 0.4) is 0 Å². The van der Waals surface area contributed by atoms with Crippen molar-refractivity contribution in [1.82, 2.24) is 9.97 Å². The zero-order chi connectivity index (χ0) is 22.6. The number of ether oxygens (including phenoxy) is 2. The van der Waals surface area contributed by atoms with Crippen molar-refractivity contribution in [1.29, 1.82) is 0 Å². The summed E-state index contributed by atoms with van der Waals surface area (Å²) in [5.41, 5.74) is 9.55. The third-order valence-corrected chi connectivity index (χ3v) is 7.28. The van der Waals surface area contributed by atoms with Gasteiger partial charge in [0.2, 0.25) is 5.95 Å². The Balaban J connectivity index is 1.46. The second-order valence-corrected chi connectivity index (χ2v) is 9.49. The second-order valence-electron chi connectivity index (χ2n) is 8.01. The quantitative estimate of drug-likeness (QED) is 0.574. The van der Waals surface area contributed by atoms with Crippen LogP contribution in [0.25, 0.3) is 11.1 Å². The summed E-state index contributed by atoms with van der Waals surface area (Å²) in [4.78, 5) is 14.3. The zero-order valence-corrected chi connectivity index (χ0v) is 19.2. The summed E-state index contributed by atoms with van der Waals surface area (Å²) in [5.74, 6) is 0.229. The van der Waals surface area contributed by atoms with E-state index in [1.807, 2.05) is 36.4 Å². The zero-order valence-electron chi connectivity index (χ0n) is 18.4. The lowest BCUT2D eigenvalue weighted by Crippen LogP contribution is -2.36. The monoisotopic (exact) mass is 465 g/mol. The van der Waals surface area contributed by atoms with Gasteiger partial charge in [-0.05, 0) is 35.9 Å². The summed E-state index contributed by atoms with van der Waals surface area (Å²) in [6.45, 7) is 6.16. The lowest BCUT2D eigenvalue weighted by atomic mass is 10.1. The van der Waals surface area contributed by atoms with Gasteiger partial charge in [0.05, 0.1) is 26.4 Å². The molecule has 5 rings (SSSR count). The van der Waals surface area contributed by atoms with Gasteiger partial charge in [0, 0.05) is 78.8 Å². The highest BCUT2D eigenvalue weighted by Crippen LogP contribution is 2.32. The molecule has 2 fully saturated rings. The molecule has 0 bridgehead atoms. The lowest BCUT2D eigenvalue weighted by Gasteiger charge is -2.29. The van der Waals surface area contributed by atoms with Gasteiger partial charge in [-0.25, -0.2) is 9.97 Å². The Kier molecular flexibility index (Phi) is 6.63. The molecular weight excluding hydrogens is 438 g/mol. The molecule has 0 spiro atoms. The summed E-state index contributed by atoms with van der Waals surface area (Å²) < 4.78 is 24.5. The molecule has 8 nitrogen and oxygen atoms in total. The van der Waals surface area contributed by atoms with E-state index in [0.717, 1.165) is 71.7 Å². The predicted molar refractivity (Wildman–Crippen MR) is 129 cm³/mol. The third kappa shape index (κ3) is 5.06. The molecule has 2 aliphatic rings. The van der Waals surface area contributed by atoms with Crippen molar-refractivity contribution in [2.45, 2.75) is 9.79 Å². The fraction of sp³-hybridized carbons (Fsp3) is 0.333. The van der Waals surface area contributed by atoms with Crippen LogP contribution in [0.1, 0.15) is 0 Å². The molecule has 1 unspecified atom stereocenters. The molecular formula is C24H27N5O3S. The summed E-state index contributed by atoms with van der Waals surface area (Å²) in [6, 6.07) is 14.0. The van der Waals surface area contributed by atoms with Crippen LogP contribution in [0.2, 0.25) is 0 Å². The number of hydrogen-bond donors (Lipinski definition) is 1. The number of aromatic nitrogens is 2. The van der Waals surface area contributed by atoms with Gasteiger partial charge in [-0.3, -0.25) is 0 Å². The fourth-order valence-electron chi connectivity index (χ4n) is 4.09. The molecule has 0 amide bonds. The van der Waals surface area contributed by atoms with Crippen LogP contribution in [0.4, 0.5) is 17.3 Å². The standard InChI is InChI=1S/C24H27N5O3S/c25-24-26-16-19(17-27-24)18-13-21(29-7-11-32-12-8-29)15-23(14-18)33(30)22-3-1-20(2-4-22)28-5-9-31-10-6-28/h1-4,13-17H,5-12H2,(H2,25,26,27). The van der Waals surface area contributed by atoms with Gasteiger partial charge in [0.1, 0.15) is 0 Å². The van der Waals surface area contributed by atoms with Crippen LogP contribution in [0, 0.1) is 0 Å². The molecule has 33 heavy (non-hydrogen) atoms. The molecule has 0 saturated carbocycles. The van der Waals surface area contributed by atoms with E-state index in [0.29, 0.717) is 13.2 Å². The number of morpholine rings is 2. The summed E-state index contributed by atoms with van der Waals surface area (Å²) >= 11 is -1.33. The Labute approximate surface area is 196 Å². The first-order valence-electron chi connectivity index (χ1n) is 11.1. The Morgan fingerprint density at radius 2 is 1.30 bits per heavy atom. The first-order valence-corrected chi connectivity index (χ1v) is 12.2. The van der Waals surface area contributed by atoms with Gasteiger partial charge in [-0.1, -0.05) is 0 Å². The normalized spacial score (nSPS) is 17.7. The molecule has 2 aromatic carbocycles. The van der Waals surface area contributed by atoms with Crippen molar-refractivity contribution < 1.29 is 14.0 Å². The minimum atomic E-state index is -1.33. The molecule has 2 aliphatic heterocycles. The number of hydrogen-bond acceptors (Lipinski definition) is 8. The molecule has 1 aromatic heterocycles. The van der Waals surface area contributed by atoms with E-state index >= 15 is 0 Å². The van der Waals surface area contributed by atoms with Gasteiger partial charge >= 0.3 is 0 Å². The highest BCUT2D eigenvalue weighted by atomic mass is 32.2. The molecule has 2 N–H and O–H groups in total. The van der Waals surface area contributed by atoms with E-state index in [9.17, 15) is 4.55 Å². The van der Waals surface area contributed by atoms with Crippen LogP contribution in [0.5, 0.6) is 0 Å².